The molecule has 2 rings (SSSR count). The first-order valence-corrected chi connectivity index (χ1v) is 6.14. The zero-order chi connectivity index (χ0) is 14.7. The Balaban J connectivity index is 2.44. The van der Waals surface area contributed by atoms with E-state index in [4.69, 9.17) is 22.1 Å². The van der Waals surface area contributed by atoms with Crippen molar-refractivity contribution < 1.29 is 13.9 Å². The molecule has 0 atom stereocenters. The van der Waals surface area contributed by atoms with Crippen LogP contribution in [-0.2, 0) is 0 Å². The predicted octanol–water partition coefficient (Wildman–Crippen LogP) is 3.21. The number of hydrogen-bond donors (Lipinski definition) is 2. The van der Waals surface area contributed by atoms with Gasteiger partial charge in [-0.1, -0.05) is 17.7 Å². The molecule has 0 saturated heterocycles. The zero-order valence-corrected chi connectivity index (χ0v) is 11.4. The van der Waals surface area contributed by atoms with E-state index in [9.17, 15) is 9.18 Å². The molecule has 2 aromatic carbocycles. The van der Waals surface area contributed by atoms with E-state index in [1.54, 1.807) is 12.1 Å². The summed E-state index contributed by atoms with van der Waals surface area (Å²) in [4.78, 5) is 11.7. The van der Waals surface area contributed by atoms with Crippen molar-refractivity contribution in [1.82, 2.24) is 5.32 Å². The Labute approximate surface area is 120 Å². The number of halogens is 2. The van der Waals surface area contributed by atoms with E-state index in [0.717, 1.165) is 0 Å². The third kappa shape index (κ3) is 2.83. The Hall–Kier alpha value is -2.27. The number of anilines is 1. The van der Waals surface area contributed by atoms with Gasteiger partial charge in [0.25, 0.3) is 5.91 Å². The van der Waals surface area contributed by atoms with Crippen LogP contribution < -0.4 is 15.8 Å². The number of nitrogens with two attached hydrogens (primary N) is 1. The number of benzene rings is 2. The molecule has 0 bridgehead atoms. The van der Waals surface area contributed by atoms with Gasteiger partial charge >= 0.3 is 0 Å². The molecular formula is C14H12ClFN2O2. The first kappa shape index (κ1) is 14.1. The van der Waals surface area contributed by atoms with Crippen molar-refractivity contribution in [3.05, 3.63) is 52.8 Å². The Bertz CT molecular complexity index is 662. The molecule has 0 saturated carbocycles. The fraction of sp³-hybridized carbons (Fsp3) is 0.0714. The number of rotatable bonds is 3. The lowest BCUT2D eigenvalue weighted by Crippen LogP contribution is -2.18. The van der Waals surface area contributed by atoms with E-state index in [0.29, 0.717) is 5.69 Å². The second kappa shape index (κ2) is 5.79. The lowest BCUT2D eigenvalue weighted by molar-refractivity contribution is 0.0960. The van der Waals surface area contributed by atoms with Crippen molar-refractivity contribution in [3.63, 3.8) is 0 Å². The molecule has 0 heterocycles. The largest absolute Gasteiger partial charge is 0.453 e. The standard InChI is InChI=1S/C14H12ClFN2O2/c1-18-14(19)9-6-5-8(17)7-12(9)20-11-4-2-3-10(15)13(11)16/h2-7H,17H2,1H3,(H,18,19). The van der Waals surface area contributed by atoms with Crippen LogP contribution in [0.15, 0.2) is 36.4 Å². The molecule has 6 heteroatoms. The lowest BCUT2D eigenvalue weighted by atomic mass is 10.1. The smallest absolute Gasteiger partial charge is 0.254 e. The summed E-state index contributed by atoms with van der Waals surface area (Å²) in [7, 11) is 1.49. The summed E-state index contributed by atoms with van der Waals surface area (Å²) < 4.78 is 19.2. The van der Waals surface area contributed by atoms with Crippen LogP contribution in [0, 0.1) is 5.82 Å². The average molecular weight is 295 g/mol. The summed E-state index contributed by atoms with van der Waals surface area (Å²) in [5, 5.41) is 2.41. The lowest BCUT2D eigenvalue weighted by Gasteiger charge is -2.12. The average Bonchev–Trinajstić information content (AvgIpc) is 2.43. The van der Waals surface area contributed by atoms with E-state index < -0.39 is 5.82 Å². The number of nitrogens with one attached hydrogen (secondary N) is 1. The van der Waals surface area contributed by atoms with Gasteiger partial charge in [-0.3, -0.25) is 4.79 Å². The van der Waals surface area contributed by atoms with Crippen LogP contribution in [0.2, 0.25) is 5.02 Å². The van der Waals surface area contributed by atoms with E-state index in [2.05, 4.69) is 5.32 Å². The number of ether oxygens (including phenoxy) is 1. The molecule has 0 unspecified atom stereocenters. The van der Waals surface area contributed by atoms with Crippen LogP contribution in [0.25, 0.3) is 0 Å². The van der Waals surface area contributed by atoms with Gasteiger partial charge in [-0.25, -0.2) is 4.39 Å². The minimum atomic E-state index is -0.695. The molecule has 1 amide bonds. The summed E-state index contributed by atoms with van der Waals surface area (Å²) in [6.45, 7) is 0. The maximum atomic E-state index is 13.8. The molecule has 104 valence electrons. The van der Waals surface area contributed by atoms with Crippen molar-refractivity contribution in [2.24, 2.45) is 0 Å². The second-order valence-electron chi connectivity index (χ2n) is 3.99. The van der Waals surface area contributed by atoms with Gasteiger partial charge in [0.2, 0.25) is 0 Å². The van der Waals surface area contributed by atoms with Crippen LogP contribution in [0.1, 0.15) is 10.4 Å². The predicted molar refractivity (Wildman–Crippen MR) is 75.7 cm³/mol. The van der Waals surface area contributed by atoms with E-state index >= 15 is 0 Å². The molecule has 20 heavy (non-hydrogen) atoms. The van der Waals surface area contributed by atoms with Gasteiger partial charge in [0.05, 0.1) is 10.6 Å². The van der Waals surface area contributed by atoms with E-state index in [1.807, 2.05) is 0 Å². The third-order valence-electron chi connectivity index (χ3n) is 2.61. The quantitative estimate of drug-likeness (QED) is 0.854. The molecule has 0 fully saturated rings. The topological polar surface area (TPSA) is 64.4 Å². The molecule has 0 aromatic heterocycles. The summed E-state index contributed by atoms with van der Waals surface area (Å²) in [6, 6.07) is 8.88. The van der Waals surface area contributed by atoms with Crippen LogP contribution in [0.4, 0.5) is 10.1 Å². The Morgan fingerprint density at radius 3 is 2.75 bits per heavy atom. The Morgan fingerprint density at radius 2 is 2.05 bits per heavy atom. The minimum absolute atomic E-state index is 0.0621. The van der Waals surface area contributed by atoms with Crippen molar-refractivity contribution in [2.45, 2.75) is 0 Å². The fourth-order valence-corrected chi connectivity index (χ4v) is 1.79. The number of carbonyl (C=O) groups is 1. The summed E-state index contributed by atoms with van der Waals surface area (Å²) in [5.41, 5.74) is 6.31. The van der Waals surface area contributed by atoms with E-state index in [1.165, 1.54) is 31.3 Å². The Morgan fingerprint density at radius 1 is 1.30 bits per heavy atom. The molecule has 3 N–H and O–H groups in total. The minimum Gasteiger partial charge on any atom is -0.453 e. The summed E-state index contributed by atoms with van der Waals surface area (Å²) in [6.07, 6.45) is 0. The second-order valence-corrected chi connectivity index (χ2v) is 4.40. The van der Waals surface area contributed by atoms with E-state index in [-0.39, 0.29) is 28.0 Å². The number of amides is 1. The third-order valence-corrected chi connectivity index (χ3v) is 2.91. The maximum Gasteiger partial charge on any atom is 0.254 e. The van der Waals surface area contributed by atoms with Crippen LogP contribution in [-0.4, -0.2) is 13.0 Å². The van der Waals surface area contributed by atoms with Crippen molar-refractivity contribution in [3.8, 4) is 11.5 Å². The normalized spacial score (nSPS) is 10.2. The van der Waals surface area contributed by atoms with Crippen molar-refractivity contribution in [1.29, 1.82) is 0 Å². The zero-order valence-electron chi connectivity index (χ0n) is 10.6. The van der Waals surface area contributed by atoms with Gasteiger partial charge in [0.15, 0.2) is 11.6 Å². The van der Waals surface area contributed by atoms with Gasteiger partial charge in [0.1, 0.15) is 5.75 Å². The molecule has 0 aliphatic carbocycles. The number of hydrogen-bond acceptors (Lipinski definition) is 3. The SMILES string of the molecule is CNC(=O)c1ccc(N)cc1Oc1cccc(Cl)c1F. The highest BCUT2D eigenvalue weighted by atomic mass is 35.5. The van der Waals surface area contributed by atoms with Crippen LogP contribution in [0.5, 0.6) is 11.5 Å². The fourth-order valence-electron chi connectivity index (χ4n) is 1.63. The van der Waals surface area contributed by atoms with Gasteiger partial charge in [0, 0.05) is 18.8 Å². The van der Waals surface area contributed by atoms with Crippen molar-refractivity contribution >= 4 is 23.2 Å². The highest BCUT2D eigenvalue weighted by molar-refractivity contribution is 6.30. The highest BCUT2D eigenvalue weighted by Gasteiger charge is 2.15. The molecule has 2 aromatic rings. The first-order valence-electron chi connectivity index (χ1n) is 5.76. The summed E-state index contributed by atoms with van der Waals surface area (Å²) >= 11 is 5.68. The van der Waals surface area contributed by atoms with Crippen LogP contribution in [0.3, 0.4) is 0 Å². The first-order chi connectivity index (χ1) is 9.52. The molecule has 4 nitrogen and oxygen atoms in total. The number of nitrogen functional groups attached to an aromatic ring is 1. The molecule has 0 radical (unpaired) electrons. The summed E-state index contributed by atoms with van der Waals surface area (Å²) in [5.74, 6) is -0.972. The molecular weight excluding hydrogens is 283 g/mol. The number of carbonyl (C=O) groups excluding carboxylic acids is 1. The van der Waals surface area contributed by atoms with Crippen LogP contribution >= 0.6 is 11.6 Å². The van der Waals surface area contributed by atoms with Gasteiger partial charge < -0.3 is 15.8 Å². The monoisotopic (exact) mass is 294 g/mol. The van der Waals surface area contributed by atoms with Gasteiger partial charge in [-0.2, -0.15) is 0 Å². The molecule has 0 spiro atoms. The highest BCUT2D eigenvalue weighted by Crippen LogP contribution is 2.31. The molecule has 0 aliphatic heterocycles. The molecule has 0 aliphatic rings. The Kier molecular flexibility index (Phi) is 4.10. The van der Waals surface area contributed by atoms with Crippen molar-refractivity contribution in [2.75, 3.05) is 12.8 Å². The van der Waals surface area contributed by atoms with Gasteiger partial charge in [-0.05, 0) is 24.3 Å². The maximum absolute atomic E-state index is 13.8. The van der Waals surface area contributed by atoms with Gasteiger partial charge in [-0.15, -0.1) is 0 Å².